The smallest absolute Gasteiger partial charge is 0.234 e. The van der Waals surface area contributed by atoms with E-state index >= 15 is 0 Å². The molecule has 0 radical (unpaired) electrons. The van der Waals surface area contributed by atoms with Gasteiger partial charge in [-0.2, -0.15) is 0 Å². The normalized spacial score (nSPS) is 11.9. The van der Waals surface area contributed by atoms with Crippen molar-refractivity contribution in [3.05, 3.63) is 0 Å². The molecule has 0 aromatic rings. The molecule has 0 aliphatic rings. The van der Waals surface area contributed by atoms with E-state index < -0.39 is 0 Å². The Balaban J connectivity index is 3.68. The van der Waals surface area contributed by atoms with Gasteiger partial charge in [-0.1, -0.05) is 11.9 Å². The van der Waals surface area contributed by atoms with E-state index in [0.717, 1.165) is 12.3 Å². The molecule has 6 heteroatoms. The zero-order valence-electron chi connectivity index (χ0n) is 11.6. The standard InChI is InChI=1S/C11H26N4OS/c1-11(2,9-13-10(16)8-12-3)14-6-7-17-15(4)5/h12,14H,6-9H2,1-5H3,(H,13,16). The number of likely N-dealkylation sites (N-methyl/N-ethyl adjacent to an activating group) is 1. The average molecular weight is 262 g/mol. The van der Waals surface area contributed by atoms with E-state index in [1.807, 2.05) is 14.1 Å². The molecule has 0 fully saturated rings. The lowest BCUT2D eigenvalue weighted by Gasteiger charge is -2.27. The summed E-state index contributed by atoms with van der Waals surface area (Å²) in [5.74, 6) is 1.06. The molecule has 102 valence electrons. The Hall–Kier alpha value is -0.300. The lowest BCUT2D eigenvalue weighted by atomic mass is 10.1. The van der Waals surface area contributed by atoms with E-state index in [2.05, 4.69) is 34.1 Å². The third-order valence-corrected chi connectivity index (χ3v) is 3.02. The quantitative estimate of drug-likeness (QED) is 0.400. The SMILES string of the molecule is CNCC(=O)NCC(C)(C)NCCSN(C)C. The van der Waals surface area contributed by atoms with E-state index in [1.165, 1.54) is 0 Å². The van der Waals surface area contributed by atoms with Crippen LogP contribution in [0.1, 0.15) is 13.8 Å². The minimum atomic E-state index is -0.0731. The van der Waals surface area contributed by atoms with Gasteiger partial charge >= 0.3 is 0 Å². The molecule has 0 aliphatic heterocycles. The molecule has 0 aromatic carbocycles. The van der Waals surface area contributed by atoms with Gasteiger partial charge in [-0.15, -0.1) is 0 Å². The molecule has 1 amide bonds. The van der Waals surface area contributed by atoms with Crippen LogP contribution in [0.2, 0.25) is 0 Å². The monoisotopic (exact) mass is 262 g/mol. The van der Waals surface area contributed by atoms with Gasteiger partial charge in [0.2, 0.25) is 5.91 Å². The molecule has 0 saturated carbocycles. The van der Waals surface area contributed by atoms with Crippen LogP contribution >= 0.6 is 11.9 Å². The van der Waals surface area contributed by atoms with Crippen molar-refractivity contribution in [2.45, 2.75) is 19.4 Å². The molecule has 0 aliphatic carbocycles. The number of hydrogen-bond acceptors (Lipinski definition) is 5. The van der Waals surface area contributed by atoms with Crippen molar-refractivity contribution >= 4 is 17.9 Å². The van der Waals surface area contributed by atoms with E-state index in [9.17, 15) is 4.79 Å². The van der Waals surface area contributed by atoms with Gasteiger partial charge in [0, 0.05) is 24.4 Å². The fourth-order valence-corrected chi connectivity index (χ4v) is 1.78. The van der Waals surface area contributed by atoms with Crippen LogP contribution in [0.5, 0.6) is 0 Å². The zero-order chi connectivity index (χ0) is 13.3. The summed E-state index contributed by atoms with van der Waals surface area (Å²) < 4.78 is 2.09. The fourth-order valence-electron chi connectivity index (χ4n) is 1.22. The molecule has 0 spiro atoms. The third kappa shape index (κ3) is 10.6. The predicted octanol–water partition coefficient (Wildman–Crippen LogP) is -0.1000. The summed E-state index contributed by atoms with van der Waals surface area (Å²) in [5, 5.41) is 9.15. The van der Waals surface area contributed by atoms with Crippen molar-refractivity contribution in [3.63, 3.8) is 0 Å². The molecule has 0 aromatic heterocycles. The highest BCUT2D eigenvalue weighted by Gasteiger charge is 2.17. The summed E-state index contributed by atoms with van der Waals surface area (Å²) in [5.41, 5.74) is -0.0731. The minimum Gasteiger partial charge on any atom is -0.353 e. The van der Waals surface area contributed by atoms with Gasteiger partial charge in [0.15, 0.2) is 0 Å². The van der Waals surface area contributed by atoms with Crippen LogP contribution < -0.4 is 16.0 Å². The van der Waals surface area contributed by atoms with Crippen LogP contribution in [0.15, 0.2) is 0 Å². The summed E-state index contributed by atoms with van der Waals surface area (Å²) in [6.07, 6.45) is 0. The second-order valence-electron chi connectivity index (χ2n) is 4.76. The van der Waals surface area contributed by atoms with Gasteiger partial charge < -0.3 is 16.0 Å². The van der Waals surface area contributed by atoms with Gasteiger partial charge in [-0.3, -0.25) is 9.10 Å². The summed E-state index contributed by atoms with van der Waals surface area (Å²) in [6.45, 7) is 6.12. The first-order chi connectivity index (χ1) is 7.87. The van der Waals surface area contributed by atoms with Crippen molar-refractivity contribution in [2.24, 2.45) is 0 Å². The Morgan fingerprint density at radius 1 is 1.35 bits per heavy atom. The molecule has 0 saturated heterocycles. The molecule has 0 atom stereocenters. The summed E-state index contributed by atoms with van der Waals surface area (Å²) in [4.78, 5) is 11.3. The maximum Gasteiger partial charge on any atom is 0.234 e. The van der Waals surface area contributed by atoms with Crippen LogP contribution in [0, 0.1) is 0 Å². The highest BCUT2D eigenvalue weighted by Crippen LogP contribution is 2.03. The maximum atomic E-state index is 11.3. The molecule has 0 unspecified atom stereocenters. The van der Waals surface area contributed by atoms with Crippen molar-refractivity contribution in [1.29, 1.82) is 0 Å². The summed E-state index contributed by atoms with van der Waals surface area (Å²) in [6, 6.07) is 0. The van der Waals surface area contributed by atoms with Crippen LogP contribution in [0.3, 0.4) is 0 Å². The molecular weight excluding hydrogens is 236 g/mol. The van der Waals surface area contributed by atoms with Crippen LogP contribution in [-0.2, 0) is 4.79 Å². The van der Waals surface area contributed by atoms with Crippen LogP contribution in [0.25, 0.3) is 0 Å². The van der Waals surface area contributed by atoms with Gasteiger partial charge in [0.25, 0.3) is 0 Å². The molecule has 0 bridgehead atoms. The first-order valence-corrected chi connectivity index (χ1v) is 6.78. The van der Waals surface area contributed by atoms with Crippen molar-refractivity contribution in [3.8, 4) is 0 Å². The number of carbonyl (C=O) groups is 1. The van der Waals surface area contributed by atoms with Gasteiger partial charge in [0.05, 0.1) is 6.54 Å². The fraction of sp³-hybridized carbons (Fsp3) is 0.909. The highest BCUT2D eigenvalue weighted by molar-refractivity contribution is 7.96. The van der Waals surface area contributed by atoms with Gasteiger partial charge in [-0.25, -0.2) is 0 Å². The first-order valence-electron chi connectivity index (χ1n) is 5.84. The van der Waals surface area contributed by atoms with Gasteiger partial charge in [0.1, 0.15) is 0 Å². The minimum absolute atomic E-state index is 0.0324. The predicted molar refractivity (Wildman–Crippen MR) is 75.2 cm³/mol. The molecule has 0 rings (SSSR count). The number of nitrogens with one attached hydrogen (secondary N) is 3. The second-order valence-corrected chi connectivity index (χ2v) is 6.16. The maximum absolute atomic E-state index is 11.3. The second kappa shape index (κ2) is 8.74. The van der Waals surface area contributed by atoms with Crippen molar-refractivity contribution in [2.75, 3.05) is 46.5 Å². The number of carbonyl (C=O) groups excluding carboxylic acids is 1. The third-order valence-electron chi connectivity index (χ3n) is 2.12. The molecule has 0 heterocycles. The molecule has 3 N–H and O–H groups in total. The van der Waals surface area contributed by atoms with E-state index in [-0.39, 0.29) is 11.4 Å². The molecule has 17 heavy (non-hydrogen) atoms. The molecular formula is C11H26N4OS. The lowest BCUT2D eigenvalue weighted by Crippen LogP contribution is -2.50. The summed E-state index contributed by atoms with van der Waals surface area (Å²) >= 11 is 1.78. The van der Waals surface area contributed by atoms with E-state index in [4.69, 9.17) is 0 Å². The van der Waals surface area contributed by atoms with Crippen LogP contribution in [0.4, 0.5) is 0 Å². The zero-order valence-corrected chi connectivity index (χ0v) is 12.4. The highest BCUT2D eigenvalue weighted by atomic mass is 32.2. The number of rotatable bonds is 9. The van der Waals surface area contributed by atoms with E-state index in [1.54, 1.807) is 19.0 Å². The summed E-state index contributed by atoms with van der Waals surface area (Å²) in [7, 11) is 5.84. The topological polar surface area (TPSA) is 56.4 Å². The Kier molecular flexibility index (Phi) is 8.59. The largest absolute Gasteiger partial charge is 0.353 e. The molecule has 5 nitrogen and oxygen atoms in total. The lowest BCUT2D eigenvalue weighted by molar-refractivity contribution is -0.120. The Labute approximate surface area is 109 Å². The Bertz CT molecular complexity index is 222. The average Bonchev–Trinajstić information content (AvgIpc) is 2.22. The number of nitrogens with zero attached hydrogens (tertiary/aromatic N) is 1. The van der Waals surface area contributed by atoms with E-state index in [0.29, 0.717) is 13.1 Å². The van der Waals surface area contributed by atoms with Crippen LogP contribution in [-0.4, -0.2) is 62.3 Å². The first kappa shape index (κ1) is 16.7. The number of amides is 1. The van der Waals surface area contributed by atoms with Gasteiger partial charge in [-0.05, 0) is 35.0 Å². The van der Waals surface area contributed by atoms with Crippen molar-refractivity contribution < 1.29 is 4.79 Å². The Morgan fingerprint density at radius 3 is 2.53 bits per heavy atom. The number of hydrogen-bond donors (Lipinski definition) is 3. The van der Waals surface area contributed by atoms with Crippen molar-refractivity contribution in [1.82, 2.24) is 20.3 Å². The Morgan fingerprint density at radius 2 is 2.00 bits per heavy atom.